The standard InChI is InChI=1S/C21H24N2O5/c24-18(22-11-9-14-5-1-4-8-17(14)22)13-28-19(25)10-12-23-20(26)15-6-2-3-7-16(15)21(23)27/h1,4-5,8,15-16H,2-3,6-7,9-13H2/t15-,16-/m1/s1. The molecule has 0 aromatic heterocycles. The average Bonchev–Trinajstić information content (AvgIpc) is 3.25. The molecule has 1 saturated heterocycles. The van der Waals surface area contributed by atoms with Crippen molar-refractivity contribution in [1.29, 1.82) is 0 Å². The zero-order valence-electron chi connectivity index (χ0n) is 15.8. The van der Waals surface area contributed by atoms with Crippen LogP contribution in [0, 0.1) is 11.8 Å². The Bertz CT molecular complexity index is 797. The van der Waals surface area contributed by atoms with Gasteiger partial charge in [0.05, 0.1) is 18.3 Å². The van der Waals surface area contributed by atoms with Crippen molar-refractivity contribution in [2.75, 3.05) is 24.6 Å². The predicted octanol–water partition coefficient (Wildman–Crippen LogP) is 1.68. The Hall–Kier alpha value is -2.70. The van der Waals surface area contributed by atoms with E-state index in [9.17, 15) is 19.2 Å². The third-order valence-corrected chi connectivity index (χ3v) is 6.02. The van der Waals surface area contributed by atoms with Crippen LogP contribution in [-0.2, 0) is 30.3 Å². The molecule has 1 aliphatic carbocycles. The number of esters is 1. The Morgan fingerprint density at radius 1 is 1.04 bits per heavy atom. The van der Waals surface area contributed by atoms with Gasteiger partial charge in [-0.2, -0.15) is 0 Å². The molecule has 148 valence electrons. The molecule has 0 unspecified atom stereocenters. The van der Waals surface area contributed by atoms with Gasteiger partial charge in [0.25, 0.3) is 5.91 Å². The van der Waals surface area contributed by atoms with E-state index in [0.717, 1.165) is 43.4 Å². The third kappa shape index (κ3) is 3.41. The van der Waals surface area contributed by atoms with E-state index in [1.54, 1.807) is 4.90 Å². The number of benzene rings is 1. The van der Waals surface area contributed by atoms with E-state index in [4.69, 9.17) is 4.74 Å². The molecule has 1 saturated carbocycles. The molecule has 7 nitrogen and oxygen atoms in total. The molecule has 1 aromatic rings. The summed E-state index contributed by atoms with van der Waals surface area (Å²) in [4.78, 5) is 52.1. The highest BCUT2D eigenvalue weighted by Crippen LogP contribution is 2.38. The zero-order valence-corrected chi connectivity index (χ0v) is 15.8. The van der Waals surface area contributed by atoms with Gasteiger partial charge in [0.15, 0.2) is 6.61 Å². The lowest BCUT2D eigenvalue weighted by molar-refractivity contribution is -0.149. The second kappa shape index (κ2) is 7.73. The summed E-state index contributed by atoms with van der Waals surface area (Å²) in [6.07, 6.45) is 4.15. The van der Waals surface area contributed by atoms with Gasteiger partial charge in [0, 0.05) is 18.8 Å². The summed E-state index contributed by atoms with van der Waals surface area (Å²) in [6.45, 7) is 0.278. The Morgan fingerprint density at radius 2 is 1.71 bits per heavy atom. The van der Waals surface area contributed by atoms with E-state index in [-0.39, 0.29) is 49.1 Å². The summed E-state index contributed by atoms with van der Waals surface area (Å²) in [6, 6.07) is 7.67. The number of hydrogen-bond donors (Lipinski definition) is 0. The summed E-state index contributed by atoms with van der Waals surface area (Å²) < 4.78 is 5.10. The van der Waals surface area contributed by atoms with E-state index >= 15 is 0 Å². The Kier molecular flexibility index (Phi) is 5.15. The fraction of sp³-hybridized carbons (Fsp3) is 0.524. The van der Waals surface area contributed by atoms with Crippen LogP contribution in [0.15, 0.2) is 24.3 Å². The molecular formula is C21H24N2O5. The first kappa shape index (κ1) is 18.7. The van der Waals surface area contributed by atoms with Gasteiger partial charge in [-0.3, -0.25) is 24.1 Å². The van der Waals surface area contributed by atoms with Gasteiger partial charge >= 0.3 is 5.97 Å². The molecular weight excluding hydrogens is 360 g/mol. The topological polar surface area (TPSA) is 84.0 Å². The lowest BCUT2D eigenvalue weighted by Gasteiger charge is -2.19. The molecule has 3 amide bonds. The van der Waals surface area contributed by atoms with Gasteiger partial charge in [-0.1, -0.05) is 31.0 Å². The summed E-state index contributed by atoms with van der Waals surface area (Å²) in [5.41, 5.74) is 1.97. The number of amides is 3. The number of imide groups is 1. The number of carbonyl (C=O) groups is 4. The zero-order chi connectivity index (χ0) is 19.7. The van der Waals surface area contributed by atoms with Crippen molar-refractivity contribution >= 4 is 29.4 Å². The Balaban J connectivity index is 1.26. The summed E-state index contributed by atoms with van der Waals surface area (Å²) >= 11 is 0. The van der Waals surface area contributed by atoms with E-state index < -0.39 is 5.97 Å². The van der Waals surface area contributed by atoms with Gasteiger partial charge in [0.2, 0.25) is 11.8 Å². The number of para-hydroxylation sites is 1. The molecule has 1 aromatic carbocycles. The molecule has 0 N–H and O–H groups in total. The molecule has 0 radical (unpaired) electrons. The first-order valence-corrected chi connectivity index (χ1v) is 9.95. The second-order valence-corrected chi connectivity index (χ2v) is 7.66. The molecule has 4 rings (SSSR count). The lowest BCUT2D eigenvalue weighted by atomic mass is 9.81. The summed E-state index contributed by atoms with van der Waals surface area (Å²) in [7, 11) is 0. The average molecular weight is 384 g/mol. The van der Waals surface area contributed by atoms with Crippen molar-refractivity contribution in [2.24, 2.45) is 11.8 Å². The van der Waals surface area contributed by atoms with E-state index in [2.05, 4.69) is 0 Å². The quantitative estimate of drug-likeness (QED) is 0.570. The fourth-order valence-corrected chi connectivity index (χ4v) is 4.54. The van der Waals surface area contributed by atoms with Gasteiger partial charge in [-0.25, -0.2) is 0 Å². The minimum absolute atomic E-state index is 0.0320. The normalized spacial score (nSPS) is 23.6. The molecule has 7 heteroatoms. The monoisotopic (exact) mass is 384 g/mol. The molecule has 0 spiro atoms. The van der Waals surface area contributed by atoms with Crippen LogP contribution >= 0.6 is 0 Å². The highest BCUT2D eigenvalue weighted by molar-refractivity contribution is 6.05. The minimum atomic E-state index is -0.573. The minimum Gasteiger partial charge on any atom is -0.455 e. The molecule has 3 aliphatic rings. The SMILES string of the molecule is O=C(CCN1C(=O)[C@@H]2CCCC[C@H]2C1=O)OCC(=O)N1CCc2ccccc21. The van der Waals surface area contributed by atoms with E-state index in [1.807, 2.05) is 24.3 Å². The van der Waals surface area contributed by atoms with Crippen molar-refractivity contribution < 1.29 is 23.9 Å². The number of hydrogen-bond acceptors (Lipinski definition) is 5. The number of rotatable bonds is 5. The summed E-state index contributed by atoms with van der Waals surface area (Å²) in [5, 5.41) is 0. The highest BCUT2D eigenvalue weighted by Gasteiger charge is 2.47. The molecule has 2 atom stereocenters. The molecule has 28 heavy (non-hydrogen) atoms. The molecule has 2 aliphatic heterocycles. The number of likely N-dealkylation sites (tertiary alicyclic amines) is 1. The van der Waals surface area contributed by atoms with Crippen molar-refractivity contribution in [1.82, 2.24) is 4.90 Å². The molecule has 2 fully saturated rings. The Morgan fingerprint density at radius 3 is 2.43 bits per heavy atom. The van der Waals surface area contributed by atoms with Crippen LogP contribution in [0.5, 0.6) is 0 Å². The first-order chi connectivity index (χ1) is 13.6. The maximum absolute atomic E-state index is 12.4. The smallest absolute Gasteiger partial charge is 0.308 e. The number of carbonyl (C=O) groups excluding carboxylic acids is 4. The van der Waals surface area contributed by atoms with Crippen LogP contribution in [0.25, 0.3) is 0 Å². The van der Waals surface area contributed by atoms with Gasteiger partial charge < -0.3 is 9.64 Å². The number of nitrogens with zero attached hydrogens (tertiary/aromatic N) is 2. The second-order valence-electron chi connectivity index (χ2n) is 7.66. The van der Waals surface area contributed by atoms with Gasteiger partial charge in [-0.15, -0.1) is 0 Å². The summed E-state index contributed by atoms with van der Waals surface area (Å²) in [5.74, 6) is -1.59. The van der Waals surface area contributed by atoms with Crippen LogP contribution in [0.2, 0.25) is 0 Å². The van der Waals surface area contributed by atoms with Crippen LogP contribution in [0.4, 0.5) is 5.69 Å². The highest BCUT2D eigenvalue weighted by atomic mass is 16.5. The van der Waals surface area contributed by atoms with Gasteiger partial charge in [0.1, 0.15) is 0 Å². The predicted molar refractivity (Wildman–Crippen MR) is 100 cm³/mol. The maximum atomic E-state index is 12.4. The third-order valence-electron chi connectivity index (χ3n) is 6.02. The van der Waals surface area contributed by atoms with E-state index in [0.29, 0.717) is 6.54 Å². The molecule has 0 bridgehead atoms. The lowest BCUT2D eigenvalue weighted by Crippen LogP contribution is -2.35. The Labute approximate surface area is 163 Å². The maximum Gasteiger partial charge on any atom is 0.308 e. The van der Waals surface area contributed by atoms with Crippen LogP contribution < -0.4 is 4.90 Å². The van der Waals surface area contributed by atoms with Crippen molar-refractivity contribution in [3.05, 3.63) is 29.8 Å². The van der Waals surface area contributed by atoms with Crippen molar-refractivity contribution in [2.45, 2.75) is 38.5 Å². The molecule has 2 heterocycles. The van der Waals surface area contributed by atoms with Crippen molar-refractivity contribution in [3.8, 4) is 0 Å². The van der Waals surface area contributed by atoms with E-state index in [1.165, 1.54) is 4.90 Å². The number of ether oxygens (including phenoxy) is 1. The van der Waals surface area contributed by atoms with Crippen molar-refractivity contribution in [3.63, 3.8) is 0 Å². The first-order valence-electron chi connectivity index (χ1n) is 9.95. The van der Waals surface area contributed by atoms with Crippen LogP contribution in [-0.4, -0.2) is 48.3 Å². The number of anilines is 1. The number of fused-ring (bicyclic) bond motifs is 2. The largest absolute Gasteiger partial charge is 0.455 e. The van der Waals surface area contributed by atoms with Crippen LogP contribution in [0.1, 0.15) is 37.7 Å². The van der Waals surface area contributed by atoms with Crippen LogP contribution in [0.3, 0.4) is 0 Å². The van der Waals surface area contributed by atoms with Gasteiger partial charge in [-0.05, 0) is 30.9 Å². The fourth-order valence-electron chi connectivity index (χ4n) is 4.54.